The summed E-state index contributed by atoms with van der Waals surface area (Å²) < 4.78 is 0.909. The summed E-state index contributed by atoms with van der Waals surface area (Å²) in [6.07, 6.45) is 0. The lowest BCUT2D eigenvalue weighted by molar-refractivity contribution is 0.103. The monoisotopic (exact) mass is 373 g/mol. The average molecular weight is 374 g/mol. The molecule has 94 valence electrons. The van der Waals surface area contributed by atoms with Crippen molar-refractivity contribution in [2.75, 3.05) is 0 Å². The molecule has 0 fully saturated rings. The van der Waals surface area contributed by atoms with Crippen LogP contribution >= 0.6 is 34.2 Å². The molecule has 0 spiro atoms. The van der Waals surface area contributed by atoms with Gasteiger partial charge in [-0.25, -0.2) is 0 Å². The van der Waals surface area contributed by atoms with Crippen LogP contribution in [0.25, 0.3) is 0 Å². The van der Waals surface area contributed by atoms with Gasteiger partial charge in [-0.3, -0.25) is 4.79 Å². The van der Waals surface area contributed by atoms with Gasteiger partial charge >= 0.3 is 0 Å². The van der Waals surface area contributed by atoms with Crippen molar-refractivity contribution in [3.8, 4) is 0 Å². The molecule has 1 aromatic carbocycles. The fraction of sp³-hybridized carbons (Fsp3) is 0.214. The number of halogens is 2. The van der Waals surface area contributed by atoms with E-state index in [9.17, 15) is 4.79 Å². The molecule has 2 nitrogen and oxygen atoms in total. The topological polar surface area (TPSA) is 32.9 Å². The first-order valence-electron chi connectivity index (χ1n) is 5.57. The van der Waals surface area contributed by atoms with E-state index in [1.165, 1.54) is 0 Å². The van der Waals surface area contributed by atoms with Crippen LogP contribution in [0.2, 0.25) is 5.02 Å². The minimum Gasteiger partial charge on any atom is -0.356 e. The summed E-state index contributed by atoms with van der Waals surface area (Å²) >= 11 is 8.11. The zero-order chi connectivity index (χ0) is 13.4. The van der Waals surface area contributed by atoms with E-state index in [-0.39, 0.29) is 5.78 Å². The Morgan fingerprint density at radius 2 is 1.89 bits per heavy atom. The Bertz CT molecular complexity index is 631. The van der Waals surface area contributed by atoms with Gasteiger partial charge in [0.25, 0.3) is 0 Å². The van der Waals surface area contributed by atoms with Crippen molar-refractivity contribution in [2.45, 2.75) is 20.8 Å². The van der Waals surface area contributed by atoms with Crippen LogP contribution in [-0.4, -0.2) is 10.8 Å². The van der Waals surface area contributed by atoms with Crippen molar-refractivity contribution in [2.24, 2.45) is 0 Å². The molecule has 18 heavy (non-hydrogen) atoms. The number of benzene rings is 1. The highest BCUT2D eigenvalue weighted by molar-refractivity contribution is 14.1. The lowest BCUT2D eigenvalue weighted by Gasteiger charge is -2.04. The minimum absolute atomic E-state index is 0.00407. The number of aromatic amines is 1. The third-order valence-electron chi connectivity index (χ3n) is 3.21. The molecule has 1 heterocycles. The van der Waals surface area contributed by atoms with Crippen molar-refractivity contribution < 1.29 is 4.79 Å². The van der Waals surface area contributed by atoms with E-state index >= 15 is 0 Å². The third-order valence-corrected chi connectivity index (χ3v) is 4.39. The number of aryl methyl sites for hydroxylation is 1. The van der Waals surface area contributed by atoms with Crippen molar-refractivity contribution in [3.05, 3.63) is 54.9 Å². The van der Waals surface area contributed by atoms with Crippen molar-refractivity contribution in [1.29, 1.82) is 0 Å². The zero-order valence-electron chi connectivity index (χ0n) is 10.4. The van der Waals surface area contributed by atoms with Gasteiger partial charge in [-0.05, 0) is 72.7 Å². The molecule has 0 bridgehead atoms. The molecule has 0 saturated carbocycles. The Kier molecular flexibility index (Phi) is 3.82. The molecule has 2 aromatic rings. The Morgan fingerprint density at radius 3 is 2.44 bits per heavy atom. The number of hydrogen-bond acceptors (Lipinski definition) is 1. The molecule has 0 atom stereocenters. The quantitative estimate of drug-likeness (QED) is 0.613. The molecule has 1 aromatic heterocycles. The number of carbonyl (C=O) groups is 1. The van der Waals surface area contributed by atoms with E-state index in [0.29, 0.717) is 16.3 Å². The van der Waals surface area contributed by atoms with E-state index < -0.39 is 0 Å². The second-order valence-electron chi connectivity index (χ2n) is 4.33. The summed E-state index contributed by atoms with van der Waals surface area (Å²) in [4.78, 5) is 15.7. The van der Waals surface area contributed by atoms with Crippen LogP contribution in [0, 0.1) is 24.3 Å². The van der Waals surface area contributed by atoms with Gasteiger partial charge in [-0.2, -0.15) is 0 Å². The normalized spacial score (nSPS) is 10.7. The number of hydrogen-bond donors (Lipinski definition) is 1. The fourth-order valence-electron chi connectivity index (χ4n) is 1.88. The van der Waals surface area contributed by atoms with Gasteiger partial charge in [0, 0.05) is 19.9 Å². The van der Waals surface area contributed by atoms with E-state index in [4.69, 9.17) is 11.6 Å². The van der Waals surface area contributed by atoms with Crippen LogP contribution in [0.1, 0.15) is 32.9 Å². The molecular weight excluding hydrogens is 361 g/mol. The highest BCUT2D eigenvalue weighted by atomic mass is 127. The first-order valence-corrected chi connectivity index (χ1v) is 7.03. The number of aromatic nitrogens is 1. The van der Waals surface area contributed by atoms with Gasteiger partial charge in [-0.1, -0.05) is 11.6 Å². The number of nitrogens with one attached hydrogen (secondary N) is 1. The molecular formula is C14H13ClINO. The first-order chi connectivity index (χ1) is 8.41. The predicted octanol–water partition coefficient (Wildman–Crippen LogP) is 4.43. The highest BCUT2D eigenvalue weighted by Crippen LogP contribution is 2.24. The largest absolute Gasteiger partial charge is 0.356 e. The molecule has 0 unspecified atom stereocenters. The van der Waals surface area contributed by atoms with Crippen molar-refractivity contribution in [1.82, 2.24) is 4.98 Å². The van der Waals surface area contributed by atoms with Crippen LogP contribution in [0.3, 0.4) is 0 Å². The van der Waals surface area contributed by atoms with Gasteiger partial charge in [-0.15, -0.1) is 0 Å². The fourth-order valence-corrected chi connectivity index (χ4v) is 2.63. The molecule has 0 amide bonds. The Labute approximate surface area is 125 Å². The molecule has 0 saturated heterocycles. The zero-order valence-corrected chi connectivity index (χ0v) is 13.3. The maximum atomic E-state index is 12.5. The number of rotatable bonds is 2. The Balaban J connectivity index is 2.54. The smallest absolute Gasteiger partial charge is 0.210 e. The summed E-state index contributed by atoms with van der Waals surface area (Å²) in [5.74, 6) is -0.00407. The van der Waals surface area contributed by atoms with Crippen LogP contribution in [0.4, 0.5) is 0 Å². The average Bonchev–Trinajstić information content (AvgIpc) is 2.59. The maximum Gasteiger partial charge on any atom is 0.210 e. The van der Waals surface area contributed by atoms with Gasteiger partial charge in [0.2, 0.25) is 5.78 Å². The van der Waals surface area contributed by atoms with Crippen molar-refractivity contribution >= 4 is 40.0 Å². The van der Waals surface area contributed by atoms with Crippen LogP contribution < -0.4 is 0 Å². The molecule has 0 aliphatic heterocycles. The molecule has 0 aliphatic carbocycles. The summed E-state index contributed by atoms with van der Waals surface area (Å²) in [6, 6.07) is 5.36. The minimum atomic E-state index is -0.00407. The standard InChI is InChI=1S/C14H13ClINO/c1-7-8(2)13(17-9(7)3)14(18)11-6-10(15)4-5-12(11)16/h4-6,17H,1-3H3. The van der Waals surface area contributed by atoms with Gasteiger partial charge in [0.05, 0.1) is 5.69 Å². The van der Waals surface area contributed by atoms with Crippen LogP contribution in [-0.2, 0) is 0 Å². The second kappa shape index (κ2) is 5.05. The van der Waals surface area contributed by atoms with Crippen molar-refractivity contribution in [3.63, 3.8) is 0 Å². The van der Waals surface area contributed by atoms with E-state index in [1.54, 1.807) is 12.1 Å². The number of carbonyl (C=O) groups excluding carboxylic acids is 1. The number of ketones is 1. The van der Waals surface area contributed by atoms with Crippen LogP contribution in [0.5, 0.6) is 0 Å². The number of H-pyrrole nitrogens is 1. The highest BCUT2D eigenvalue weighted by Gasteiger charge is 2.19. The molecule has 4 heteroatoms. The van der Waals surface area contributed by atoms with Gasteiger partial charge < -0.3 is 4.98 Å². The van der Waals surface area contributed by atoms with E-state index in [1.807, 2.05) is 26.8 Å². The summed E-state index contributed by atoms with van der Waals surface area (Å²) in [5.41, 5.74) is 4.48. The summed E-state index contributed by atoms with van der Waals surface area (Å²) in [6.45, 7) is 5.95. The first kappa shape index (κ1) is 13.6. The third kappa shape index (κ3) is 2.34. The second-order valence-corrected chi connectivity index (χ2v) is 5.93. The molecule has 1 N–H and O–H groups in total. The molecule has 0 radical (unpaired) electrons. The molecule has 2 rings (SSSR count). The van der Waals surface area contributed by atoms with Crippen LogP contribution in [0.15, 0.2) is 18.2 Å². The van der Waals surface area contributed by atoms with E-state index in [2.05, 4.69) is 27.6 Å². The Hall–Kier alpha value is -0.810. The summed E-state index contributed by atoms with van der Waals surface area (Å²) in [7, 11) is 0. The molecule has 0 aliphatic rings. The predicted molar refractivity (Wildman–Crippen MR) is 82.6 cm³/mol. The van der Waals surface area contributed by atoms with Gasteiger partial charge in [0.15, 0.2) is 0 Å². The summed E-state index contributed by atoms with van der Waals surface area (Å²) in [5, 5.41) is 0.580. The van der Waals surface area contributed by atoms with E-state index in [0.717, 1.165) is 20.4 Å². The SMILES string of the molecule is Cc1[nH]c(C(=O)c2cc(Cl)ccc2I)c(C)c1C. The van der Waals surface area contributed by atoms with Gasteiger partial charge in [0.1, 0.15) is 0 Å². The Morgan fingerprint density at radius 1 is 1.22 bits per heavy atom. The maximum absolute atomic E-state index is 12.5. The lowest BCUT2D eigenvalue weighted by Crippen LogP contribution is -2.06. The lowest BCUT2D eigenvalue weighted by atomic mass is 10.0.